The number of methoxy groups -OCH3 is 2. The number of nitrogens with one attached hydrogen (secondary N) is 1. The zero-order valence-corrected chi connectivity index (χ0v) is 12.1. The van der Waals surface area contributed by atoms with Crippen LogP contribution in [0.15, 0.2) is 18.2 Å². The molecule has 0 fully saturated rings. The van der Waals surface area contributed by atoms with Crippen molar-refractivity contribution in [1.29, 1.82) is 0 Å². The molecule has 0 saturated heterocycles. The minimum atomic E-state index is 0.121. The van der Waals surface area contributed by atoms with Gasteiger partial charge in [0.1, 0.15) is 0 Å². The molecule has 0 spiro atoms. The molecule has 0 heterocycles. The van der Waals surface area contributed by atoms with Gasteiger partial charge in [-0.3, -0.25) is 4.84 Å². The van der Waals surface area contributed by atoms with Crippen LogP contribution in [0.25, 0.3) is 0 Å². The number of rotatable bonds is 9. The van der Waals surface area contributed by atoms with Crippen molar-refractivity contribution in [1.82, 2.24) is 5.48 Å². The Kier molecular flexibility index (Phi) is 7.25. The van der Waals surface area contributed by atoms with Gasteiger partial charge in [0.15, 0.2) is 11.5 Å². The first kappa shape index (κ1) is 15.8. The Hall–Kier alpha value is -1.30. The Labute approximate surface area is 114 Å². The van der Waals surface area contributed by atoms with Gasteiger partial charge in [-0.15, -0.1) is 0 Å². The summed E-state index contributed by atoms with van der Waals surface area (Å²) in [6, 6.07) is 5.82. The summed E-state index contributed by atoms with van der Waals surface area (Å²) in [6.07, 6.45) is 0.121. The van der Waals surface area contributed by atoms with E-state index in [1.807, 2.05) is 32.0 Å². The maximum Gasteiger partial charge on any atom is 0.161 e. The monoisotopic (exact) mass is 269 g/mol. The summed E-state index contributed by atoms with van der Waals surface area (Å²) in [5.74, 6) is 1.48. The van der Waals surface area contributed by atoms with Crippen LogP contribution >= 0.6 is 0 Å². The molecule has 1 rings (SSSR count). The highest BCUT2D eigenvalue weighted by Crippen LogP contribution is 2.28. The normalized spacial score (nSPS) is 10.8. The van der Waals surface area contributed by atoms with E-state index in [2.05, 4.69) is 5.48 Å². The number of hydroxylamine groups is 1. The van der Waals surface area contributed by atoms with Crippen LogP contribution in [0.3, 0.4) is 0 Å². The molecule has 0 bridgehead atoms. The Morgan fingerprint density at radius 2 is 1.89 bits per heavy atom. The molecule has 0 aromatic heterocycles. The van der Waals surface area contributed by atoms with Crippen molar-refractivity contribution in [2.75, 3.05) is 27.4 Å². The van der Waals surface area contributed by atoms with Gasteiger partial charge in [0.05, 0.1) is 26.4 Å². The number of hydrogen-bond acceptors (Lipinski definition) is 5. The second-order valence-electron chi connectivity index (χ2n) is 4.31. The Balaban J connectivity index is 2.51. The molecule has 0 atom stereocenters. The molecule has 0 aliphatic heterocycles. The van der Waals surface area contributed by atoms with Gasteiger partial charge in [-0.2, -0.15) is 5.48 Å². The van der Waals surface area contributed by atoms with Crippen LogP contribution in [0.5, 0.6) is 11.5 Å². The molecular weight excluding hydrogens is 246 g/mol. The molecule has 108 valence electrons. The third-order valence-corrected chi connectivity index (χ3v) is 2.36. The lowest BCUT2D eigenvalue weighted by molar-refractivity contribution is 0.00344. The standard InChI is InChI=1S/C14H23NO4/c1-11(2)19-13-6-5-12(9-14(13)17-4)10-15-18-8-7-16-3/h5-6,9,11,15H,7-8,10H2,1-4H3. The lowest BCUT2D eigenvalue weighted by atomic mass is 10.2. The molecule has 1 N–H and O–H groups in total. The molecule has 0 amide bonds. The molecule has 5 heteroatoms. The number of benzene rings is 1. The topological polar surface area (TPSA) is 49.0 Å². The SMILES string of the molecule is COCCONCc1ccc(OC(C)C)c(OC)c1. The zero-order valence-electron chi connectivity index (χ0n) is 12.1. The van der Waals surface area contributed by atoms with E-state index in [9.17, 15) is 0 Å². The van der Waals surface area contributed by atoms with E-state index in [0.29, 0.717) is 19.8 Å². The Morgan fingerprint density at radius 3 is 2.53 bits per heavy atom. The van der Waals surface area contributed by atoms with Crippen molar-refractivity contribution < 1.29 is 19.0 Å². The van der Waals surface area contributed by atoms with Crippen LogP contribution in [0.2, 0.25) is 0 Å². The Morgan fingerprint density at radius 1 is 1.11 bits per heavy atom. The average molecular weight is 269 g/mol. The highest BCUT2D eigenvalue weighted by Gasteiger charge is 2.07. The molecule has 1 aromatic rings. The summed E-state index contributed by atoms with van der Waals surface area (Å²) >= 11 is 0. The smallest absolute Gasteiger partial charge is 0.161 e. The third-order valence-electron chi connectivity index (χ3n) is 2.36. The molecule has 0 aliphatic rings. The summed E-state index contributed by atoms with van der Waals surface area (Å²) < 4.78 is 15.9. The number of hydrogen-bond donors (Lipinski definition) is 1. The van der Waals surface area contributed by atoms with Gasteiger partial charge in [0.2, 0.25) is 0 Å². The summed E-state index contributed by atoms with van der Waals surface area (Å²) in [5, 5.41) is 0. The molecule has 5 nitrogen and oxygen atoms in total. The van der Waals surface area contributed by atoms with Gasteiger partial charge in [0, 0.05) is 13.7 Å². The molecule has 0 saturated carbocycles. The van der Waals surface area contributed by atoms with Crippen molar-refractivity contribution in [2.24, 2.45) is 0 Å². The minimum absolute atomic E-state index is 0.121. The zero-order chi connectivity index (χ0) is 14.1. The van der Waals surface area contributed by atoms with Crippen LogP contribution in [-0.2, 0) is 16.1 Å². The van der Waals surface area contributed by atoms with Gasteiger partial charge < -0.3 is 14.2 Å². The van der Waals surface area contributed by atoms with E-state index in [1.54, 1.807) is 14.2 Å². The van der Waals surface area contributed by atoms with Crippen LogP contribution in [0.1, 0.15) is 19.4 Å². The fourth-order valence-electron chi connectivity index (χ4n) is 1.50. The van der Waals surface area contributed by atoms with E-state index in [4.69, 9.17) is 19.0 Å². The highest BCUT2D eigenvalue weighted by molar-refractivity contribution is 5.43. The molecular formula is C14H23NO4. The molecule has 1 aromatic carbocycles. The van der Waals surface area contributed by atoms with Crippen LogP contribution in [0, 0.1) is 0 Å². The maximum atomic E-state index is 5.66. The van der Waals surface area contributed by atoms with Crippen molar-refractivity contribution in [3.05, 3.63) is 23.8 Å². The predicted octanol–water partition coefficient (Wildman–Crippen LogP) is 2.15. The van der Waals surface area contributed by atoms with Crippen LogP contribution in [-0.4, -0.2) is 33.5 Å². The van der Waals surface area contributed by atoms with Crippen molar-refractivity contribution in [2.45, 2.75) is 26.5 Å². The summed E-state index contributed by atoms with van der Waals surface area (Å²) in [4.78, 5) is 5.20. The van der Waals surface area contributed by atoms with Gasteiger partial charge in [0.25, 0.3) is 0 Å². The molecule has 0 unspecified atom stereocenters. The first-order chi connectivity index (χ1) is 9.17. The van der Waals surface area contributed by atoms with Gasteiger partial charge in [-0.1, -0.05) is 6.07 Å². The van der Waals surface area contributed by atoms with E-state index in [1.165, 1.54) is 0 Å². The average Bonchev–Trinajstić information content (AvgIpc) is 2.39. The predicted molar refractivity (Wildman–Crippen MR) is 73.4 cm³/mol. The first-order valence-electron chi connectivity index (χ1n) is 6.34. The van der Waals surface area contributed by atoms with Crippen LogP contribution < -0.4 is 15.0 Å². The fourth-order valence-corrected chi connectivity index (χ4v) is 1.50. The van der Waals surface area contributed by atoms with E-state index in [-0.39, 0.29) is 6.10 Å². The summed E-state index contributed by atoms with van der Waals surface area (Å²) in [5.41, 5.74) is 3.93. The fraction of sp³-hybridized carbons (Fsp3) is 0.571. The quantitative estimate of drug-likeness (QED) is 0.550. The Bertz CT molecular complexity index is 368. The van der Waals surface area contributed by atoms with Crippen molar-refractivity contribution >= 4 is 0 Å². The minimum Gasteiger partial charge on any atom is -0.493 e. The largest absolute Gasteiger partial charge is 0.493 e. The van der Waals surface area contributed by atoms with E-state index >= 15 is 0 Å². The molecule has 0 radical (unpaired) electrons. The van der Waals surface area contributed by atoms with Crippen molar-refractivity contribution in [3.63, 3.8) is 0 Å². The van der Waals surface area contributed by atoms with Crippen LogP contribution in [0.4, 0.5) is 0 Å². The highest BCUT2D eigenvalue weighted by atomic mass is 16.7. The maximum absolute atomic E-state index is 5.66. The second-order valence-corrected chi connectivity index (χ2v) is 4.31. The molecule has 19 heavy (non-hydrogen) atoms. The van der Waals surface area contributed by atoms with Gasteiger partial charge in [-0.05, 0) is 31.5 Å². The van der Waals surface area contributed by atoms with E-state index in [0.717, 1.165) is 17.1 Å². The summed E-state index contributed by atoms with van der Waals surface area (Å²) in [7, 11) is 3.27. The first-order valence-corrected chi connectivity index (χ1v) is 6.34. The van der Waals surface area contributed by atoms with Crippen molar-refractivity contribution in [3.8, 4) is 11.5 Å². The van der Waals surface area contributed by atoms with E-state index < -0.39 is 0 Å². The lowest BCUT2D eigenvalue weighted by Gasteiger charge is -2.14. The summed E-state index contributed by atoms with van der Waals surface area (Å²) in [6.45, 7) is 5.65. The second kappa shape index (κ2) is 8.74. The third kappa shape index (κ3) is 5.92. The number of ether oxygens (including phenoxy) is 3. The van der Waals surface area contributed by atoms with Gasteiger partial charge in [-0.25, -0.2) is 0 Å². The molecule has 0 aliphatic carbocycles. The van der Waals surface area contributed by atoms with Gasteiger partial charge >= 0.3 is 0 Å². The lowest BCUT2D eigenvalue weighted by Crippen LogP contribution is -2.17.